The number of likely N-dealkylation sites (tertiary alicyclic amines) is 1. The van der Waals surface area contributed by atoms with Crippen molar-refractivity contribution in [1.29, 1.82) is 0 Å². The summed E-state index contributed by atoms with van der Waals surface area (Å²) in [5.41, 5.74) is 9.33. The Morgan fingerprint density at radius 1 is 1.21 bits per heavy atom. The zero-order valence-electron chi connectivity index (χ0n) is 17.5. The van der Waals surface area contributed by atoms with E-state index >= 15 is 0 Å². The van der Waals surface area contributed by atoms with Crippen molar-refractivity contribution < 1.29 is 9.59 Å². The molecule has 1 aliphatic heterocycles. The molecule has 3 atom stereocenters. The second-order valence-corrected chi connectivity index (χ2v) is 8.86. The number of carbonyl (C=O) groups excluding carboxylic acids is 2. The van der Waals surface area contributed by atoms with Crippen LogP contribution in [-0.2, 0) is 11.8 Å². The van der Waals surface area contributed by atoms with Gasteiger partial charge in [-0.1, -0.05) is 38.1 Å². The molecule has 1 saturated carbocycles. The highest BCUT2D eigenvalue weighted by atomic mass is 16.2. The summed E-state index contributed by atoms with van der Waals surface area (Å²) in [6, 6.07) is 8.73. The molecule has 0 radical (unpaired) electrons. The summed E-state index contributed by atoms with van der Waals surface area (Å²) >= 11 is 0. The Morgan fingerprint density at radius 2 is 1.93 bits per heavy atom. The Morgan fingerprint density at radius 3 is 2.59 bits per heavy atom. The Bertz CT molecular complexity index is 915. The number of hydrogen-bond acceptors (Lipinski definition) is 3. The van der Waals surface area contributed by atoms with Gasteiger partial charge in [0.25, 0.3) is 5.91 Å². The molecule has 1 aromatic heterocycles. The Labute approximate surface area is 172 Å². The molecular weight excluding hydrogens is 364 g/mol. The van der Waals surface area contributed by atoms with Crippen molar-refractivity contribution >= 4 is 11.8 Å². The van der Waals surface area contributed by atoms with E-state index in [2.05, 4.69) is 43.2 Å². The number of aryl methyl sites for hydroxylation is 1. The summed E-state index contributed by atoms with van der Waals surface area (Å²) in [5.74, 6) is 0.785. The summed E-state index contributed by atoms with van der Waals surface area (Å²) in [6.07, 6.45) is 4.45. The van der Waals surface area contributed by atoms with E-state index in [1.807, 2.05) is 4.90 Å². The molecule has 2 fully saturated rings. The minimum absolute atomic E-state index is 0.0684. The van der Waals surface area contributed by atoms with Crippen LogP contribution in [0.4, 0.5) is 0 Å². The summed E-state index contributed by atoms with van der Waals surface area (Å²) in [6.45, 7) is 5.78. The lowest BCUT2D eigenvalue weighted by Gasteiger charge is -2.32. The van der Waals surface area contributed by atoms with Crippen molar-refractivity contribution in [1.82, 2.24) is 14.7 Å². The van der Waals surface area contributed by atoms with Gasteiger partial charge in [0.05, 0.1) is 11.3 Å². The van der Waals surface area contributed by atoms with Gasteiger partial charge in [0.1, 0.15) is 0 Å². The number of hydrogen-bond donors (Lipinski definition) is 1. The van der Waals surface area contributed by atoms with Gasteiger partial charge in [0.15, 0.2) is 0 Å². The van der Waals surface area contributed by atoms with Crippen molar-refractivity contribution in [2.45, 2.75) is 50.9 Å². The minimum atomic E-state index is -0.455. The number of piperidine rings is 1. The van der Waals surface area contributed by atoms with Gasteiger partial charge in [-0.2, -0.15) is 5.10 Å². The maximum atomic E-state index is 13.1. The second kappa shape index (κ2) is 7.65. The second-order valence-electron chi connectivity index (χ2n) is 8.86. The van der Waals surface area contributed by atoms with E-state index in [0.717, 1.165) is 31.5 Å². The number of benzene rings is 1. The summed E-state index contributed by atoms with van der Waals surface area (Å²) < 4.78 is 1.63. The molecular formula is C23H30N4O2. The van der Waals surface area contributed by atoms with Crippen LogP contribution in [0.25, 0.3) is 0 Å². The van der Waals surface area contributed by atoms with E-state index in [-0.39, 0.29) is 17.7 Å². The molecule has 4 rings (SSSR count). The fraction of sp³-hybridized carbons (Fsp3) is 0.522. The van der Waals surface area contributed by atoms with E-state index in [9.17, 15) is 9.59 Å². The molecule has 1 aromatic carbocycles. The van der Waals surface area contributed by atoms with E-state index in [1.165, 1.54) is 11.1 Å². The number of aromatic nitrogens is 2. The van der Waals surface area contributed by atoms with Gasteiger partial charge < -0.3 is 10.6 Å². The quantitative estimate of drug-likeness (QED) is 0.846. The van der Waals surface area contributed by atoms with E-state index < -0.39 is 5.91 Å². The highest BCUT2D eigenvalue weighted by Gasteiger charge is 2.46. The van der Waals surface area contributed by atoms with Crippen LogP contribution >= 0.6 is 0 Å². The summed E-state index contributed by atoms with van der Waals surface area (Å²) in [5, 5.41) is 4.47. The summed E-state index contributed by atoms with van der Waals surface area (Å²) in [4.78, 5) is 26.9. The predicted octanol–water partition coefficient (Wildman–Crippen LogP) is 3.15. The molecule has 2 heterocycles. The fourth-order valence-corrected chi connectivity index (χ4v) is 4.60. The lowest BCUT2D eigenvalue weighted by molar-refractivity contribution is -0.133. The standard InChI is InChI=1S/C23H30N4O2/c1-14(2)15-6-8-16(9-7-15)18-11-19(18)23(29)27-10-4-5-17(12-27)21-20(22(24)28)13-26(3)25-21/h6-9,13-14,17-19H,4-5,10-12H2,1-3H3,(H2,24,28)/t17-,18+,19-/m1/s1. The first-order valence-corrected chi connectivity index (χ1v) is 10.6. The van der Waals surface area contributed by atoms with Crippen LogP contribution in [0.3, 0.4) is 0 Å². The SMILES string of the molecule is CC(C)c1ccc([C@@H]2C[C@H]2C(=O)N2CCC[C@@H](c3nn(C)cc3C(N)=O)C2)cc1. The van der Waals surface area contributed by atoms with Gasteiger partial charge >= 0.3 is 0 Å². The number of rotatable bonds is 5. The number of primary amides is 1. The molecule has 0 spiro atoms. The molecule has 2 amide bonds. The van der Waals surface area contributed by atoms with Gasteiger partial charge in [-0.05, 0) is 42.2 Å². The molecule has 6 heteroatoms. The zero-order chi connectivity index (χ0) is 20.7. The fourth-order valence-electron chi connectivity index (χ4n) is 4.60. The highest BCUT2D eigenvalue weighted by Crippen LogP contribution is 2.49. The first-order valence-electron chi connectivity index (χ1n) is 10.6. The van der Waals surface area contributed by atoms with Crippen LogP contribution in [0.5, 0.6) is 0 Å². The van der Waals surface area contributed by atoms with Gasteiger partial charge in [-0.15, -0.1) is 0 Å². The third-order valence-electron chi connectivity index (χ3n) is 6.38. The largest absolute Gasteiger partial charge is 0.365 e. The van der Waals surface area contributed by atoms with E-state index in [0.29, 0.717) is 23.9 Å². The van der Waals surface area contributed by atoms with Crippen LogP contribution in [0, 0.1) is 5.92 Å². The van der Waals surface area contributed by atoms with Gasteiger partial charge in [-0.3, -0.25) is 14.3 Å². The van der Waals surface area contributed by atoms with Crippen LogP contribution in [0.15, 0.2) is 30.5 Å². The average Bonchev–Trinajstić information content (AvgIpc) is 3.41. The molecule has 2 aromatic rings. The molecule has 154 valence electrons. The van der Waals surface area contributed by atoms with Gasteiger partial charge in [0.2, 0.25) is 5.91 Å². The lowest BCUT2D eigenvalue weighted by atomic mass is 9.92. The Balaban J connectivity index is 1.43. The monoisotopic (exact) mass is 394 g/mol. The van der Waals surface area contributed by atoms with Gasteiger partial charge in [0, 0.05) is 38.2 Å². The van der Waals surface area contributed by atoms with Crippen molar-refractivity contribution in [2.75, 3.05) is 13.1 Å². The Kier molecular flexibility index (Phi) is 5.19. The van der Waals surface area contributed by atoms with Crippen LogP contribution in [0.2, 0.25) is 0 Å². The third-order valence-corrected chi connectivity index (χ3v) is 6.38. The number of nitrogens with two attached hydrogens (primary N) is 1. The van der Waals surface area contributed by atoms with Crippen molar-refractivity contribution in [3.05, 3.63) is 52.8 Å². The lowest BCUT2D eigenvalue weighted by Crippen LogP contribution is -2.40. The van der Waals surface area contributed by atoms with Crippen LogP contribution in [0.1, 0.15) is 78.0 Å². The first-order chi connectivity index (χ1) is 13.8. The molecule has 0 bridgehead atoms. The molecule has 2 aliphatic rings. The van der Waals surface area contributed by atoms with E-state index in [4.69, 9.17) is 5.73 Å². The zero-order valence-corrected chi connectivity index (χ0v) is 17.5. The van der Waals surface area contributed by atoms with Crippen molar-refractivity contribution in [2.24, 2.45) is 18.7 Å². The van der Waals surface area contributed by atoms with Crippen LogP contribution in [-0.4, -0.2) is 39.6 Å². The average molecular weight is 395 g/mol. The molecule has 6 nitrogen and oxygen atoms in total. The molecule has 29 heavy (non-hydrogen) atoms. The number of carbonyl (C=O) groups is 2. The maximum absolute atomic E-state index is 13.1. The molecule has 0 unspecified atom stereocenters. The maximum Gasteiger partial charge on any atom is 0.252 e. The van der Waals surface area contributed by atoms with Crippen molar-refractivity contribution in [3.63, 3.8) is 0 Å². The number of nitrogens with zero attached hydrogens (tertiary/aromatic N) is 3. The smallest absolute Gasteiger partial charge is 0.252 e. The van der Waals surface area contributed by atoms with Crippen LogP contribution < -0.4 is 5.73 Å². The number of amides is 2. The molecule has 2 N–H and O–H groups in total. The molecule has 1 saturated heterocycles. The minimum Gasteiger partial charge on any atom is -0.365 e. The van der Waals surface area contributed by atoms with E-state index in [1.54, 1.807) is 17.9 Å². The first kappa shape index (κ1) is 19.7. The Hall–Kier alpha value is -2.63. The topological polar surface area (TPSA) is 81.2 Å². The van der Waals surface area contributed by atoms with Gasteiger partial charge in [-0.25, -0.2) is 0 Å². The van der Waals surface area contributed by atoms with Crippen molar-refractivity contribution in [3.8, 4) is 0 Å². The normalized spacial score (nSPS) is 24.0. The molecule has 1 aliphatic carbocycles. The summed E-state index contributed by atoms with van der Waals surface area (Å²) in [7, 11) is 1.79. The predicted molar refractivity (Wildman–Crippen MR) is 112 cm³/mol. The third kappa shape index (κ3) is 3.93. The highest BCUT2D eigenvalue weighted by molar-refractivity contribution is 5.94.